The van der Waals surface area contributed by atoms with E-state index in [0.717, 1.165) is 24.0 Å². The molecular formula is C44H78O3. The molecule has 0 aliphatic carbocycles. The van der Waals surface area contributed by atoms with E-state index in [4.69, 9.17) is 4.74 Å². The summed E-state index contributed by atoms with van der Waals surface area (Å²) in [6.07, 6.45) is 10.3. The van der Waals surface area contributed by atoms with Gasteiger partial charge in [0.1, 0.15) is 0 Å². The van der Waals surface area contributed by atoms with E-state index in [9.17, 15) is 10.2 Å². The van der Waals surface area contributed by atoms with E-state index in [0.29, 0.717) is 29.5 Å². The van der Waals surface area contributed by atoms with Crippen molar-refractivity contribution in [2.75, 3.05) is 13.2 Å². The highest BCUT2D eigenvalue weighted by Gasteiger charge is 2.42. The number of phenolic OH excluding ortho intramolecular Hbond substituents is 2. The van der Waals surface area contributed by atoms with Gasteiger partial charge in [0.2, 0.25) is 0 Å². The summed E-state index contributed by atoms with van der Waals surface area (Å²) >= 11 is 0. The van der Waals surface area contributed by atoms with Crippen molar-refractivity contribution in [3.8, 4) is 11.5 Å². The summed E-state index contributed by atoms with van der Waals surface area (Å²) in [6.45, 7) is 44.6. The van der Waals surface area contributed by atoms with Crippen LogP contribution in [-0.2, 0) is 10.2 Å². The second-order valence-corrected chi connectivity index (χ2v) is 22.6. The number of hydrogen-bond acceptors (Lipinski definition) is 3. The summed E-state index contributed by atoms with van der Waals surface area (Å²) in [5.74, 6) is -0.0906. The highest BCUT2D eigenvalue weighted by Crippen LogP contribution is 2.53. The average Bonchev–Trinajstić information content (AvgIpc) is 2.74. The zero-order valence-electron chi connectivity index (χ0n) is 34.5. The Morgan fingerprint density at radius 2 is 0.957 bits per heavy atom. The fourth-order valence-corrected chi connectivity index (χ4v) is 11.9. The number of benzene rings is 1. The molecular weight excluding hydrogens is 576 g/mol. The van der Waals surface area contributed by atoms with Gasteiger partial charge in [0.15, 0.2) is 11.5 Å². The Morgan fingerprint density at radius 3 is 1.34 bits per heavy atom. The van der Waals surface area contributed by atoms with Crippen LogP contribution in [0.3, 0.4) is 0 Å². The molecule has 1 atom stereocenters. The molecule has 1 unspecified atom stereocenters. The fraction of sp³-hybridized carbons (Fsp3) is 0.818. The van der Waals surface area contributed by atoms with Crippen LogP contribution in [0.4, 0.5) is 0 Å². The first-order valence-electron chi connectivity index (χ1n) is 18.6. The lowest BCUT2D eigenvalue weighted by atomic mass is 9.59. The number of phenols is 2. The van der Waals surface area contributed by atoms with Gasteiger partial charge in [0, 0.05) is 11.5 Å². The van der Waals surface area contributed by atoms with Crippen LogP contribution in [-0.4, -0.2) is 23.4 Å². The predicted molar refractivity (Wildman–Crippen MR) is 205 cm³/mol. The van der Waals surface area contributed by atoms with Crippen molar-refractivity contribution >= 4 is 0 Å². The first-order valence-corrected chi connectivity index (χ1v) is 18.6. The lowest BCUT2D eigenvalue weighted by Gasteiger charge is -2.47. The van der Waals surface area contributed by atoms with Gasteiger partial charge >= 0.3 is 0 Å². The lowest BCUT2D eigenvalue weighted by Crippen LogP contribution is -2.36. The van der Waals surface area contributed by atoms with Gasteiger partial charge in [-0.3, -0.25) is 0 Å². The third kappa shape index (κ3) is 13.4. The van der Waals surface area contributed by atoms with Gasteiger partial charge in [0.05, 0.1) is 13.2 Å². The van der Waals surface area contributed by atoms with E-state index in [2.05, 4.69) is 137 Å². The quantitative estimate of drug-likeness (QED) is 0.146. The van der Waals surface area contributed by atoms with Crippen LogP contribution in [0.25, 0.3) is 0 Å². The largest absolute Gasteiger partial charge is 0.504 e. The summed E-state index contributed by atoms with van der Waals surface area (Å²) < 4.78 is 5.72. The van der Waals surface area contributed by atoms with E-state index < -0.39 is 0 Å². The molecule has 272 valence electrons. The number of rotatable bonds is 15. The van der Waals surface area contributed by atoms with Crippen LogP contribution in [0.1, 0.15) is 187 Å². The molecule has 1 aliphatic rings. The minimum absolute atomic E-state index is 0.0182. The molecule has 1 aliphatic heterocycles. The average molecular weight is 655 g/mol. The molecule has 0 saturated heterocycles. The van der Waals surface area contributed by atoms with Gasteiger partial charge < -0.3 is 14.9 Å². The number of ether oxygens (including phenoxy) is 1. The standard InChI is InChI=1S/C44H78O3/c1-31-19-20-47-23-34(31)33-21-32(22-35(45)36(33)46)44(17,18)30-43(15,16)29-42(13,14)28-41(11,12)27-40(9,10)26-39(7,8)25-38(5,6)24-37(2,3)4/h19,21-22,34,45-46H,20,23-30H2,1-18H3. The minimum atomic E-state index is -0.184. The Kier molecular flexibility index (Phi) is 12.4. The first-order chi connectivity index (χ1) is 20.8. The smallest absolute Gasteiger partial charge is 0.161 e. The minimum Gasteiger partial charge on any atom is -0.504 e. The molecule has 0 spiro atoms. The van der Waals surface area contributed by atoms with Crippen LogP contribution >= 0.6 is 0 Å². The zero-order valence-corrected chi connectivity index (χ0v) is 34.5. The molecule has 3 heteroatoms. The molecule has 2 N–H and O–H groups in total. The van der Waals surface area contributed by atoms with Crippen LogP contribution in [0.5, 0.6) is 11.5 Å². The number of hydrogen-bond donors (Lipinski definition) is 2. The van der Waals surface area contributed by atoms with Crippen molar-refractivity contribution in [3.05, 3.63) is 34.9 Å². The van der Waals surface area contributed by atoms with E-state index in [1.54, 1.807) is 6.07 Å². The summed E-state index contributed by atoms with van der Waals surface area (Å²) in [6, 6.07) is 3.89. The number of aromatic hydroxyl groups is 2. The molecule has 0 fully saturated rings. The van der Waals surface area contributed by atoms with Gasteiger partial charge in [-0.05, 0) is 107 Å². The third-order valence-corrected chi connectivity index (χ3v) is 10.3. The van der Waals surface area contributed by atoms with Crippen LogP contribution in [0, 0.1) is 37.9 Å². The molecule has 47 heavy (non-hydrogen) atoms. The molecule has 0 aromatic heterocycles. The van der Waals surface area contributed by atoms with E-state index in [1.165, 1.54) is 37.7 Å². The second kappa shape index (κ2) is 14.0. The second-order valence-electron chi connectivity index (χ2n) is 22.6. The molecule has 1 aromatic rings. The molecule has 0 amide bonds. The third-order valence-electron chi connectivity index (χ3n) is 10.3. The Balaban J connectivity index is 2.16. The van der Waals surface area contributed by atoms with Crippen molar-refractivity contribution in [1.29, 1.82) is 0 Å². The summed E-state index contributed by atoms with van der Waals surface area (Å²) in [4.78, 5) is 0. The Bertz CT molecular complexity index is 1230. The van der Waals surface area contributed by atoms with Crippen molar-refractivity contribution in [2.45, 2.75) is 181 Å². The van der Waals surface area contributed by atoms with E-state index >= 15 is 0 Å². The van der Waals surface area contributed by atoms with Crippen molar-refractivity contribution in [2.24, 2.45) is 37.9 Å². The highest BCUT2D eigenvalue weighted by atomic mass is 16.5. The summed E-state index contributed by atoms with van der Waals surface area (Å²) in [7, 11) is 0. The maximum Gasteiger partial charge on any atom is 0.161 e. The maximum absolute atomic E-state index is 10.9. The fourth-order valence-electron chi connectivity index (χ4n) is 11.9. The van der Waals surface area contributed by atoms with Crippen LogP contribution in [0.2, 0.25) is 0 Å². The lowest BCUT2D eigenvalue weighted by molar-refractivity contribution is 0.0478. The van der Waals surface area contributed by atoms with E-state index in [1.807, 2.05) is 0 Å². The van der Waals surface area contributed by atoms with Gasteiger partial charge in [-0.25, -0.2) is 0 Å². The molecule has 0 saturated carbocycles. The van der Waals surface area contributed by atoms with Gasteiger partial charge in [-0.15, -0.1) is 0 Å². The SMILES string of the molecule is CC1=CCOCC1c1cc(C(C)(C)CC(C)(C)CC(C)(C)CC(C)(C)CC(C)(C)CC(C)(C)CC(C)(C)CC(C)(C)C)cc(O)c1O. The summed E-state index contributed by atoms with van der Waals surface area (Å²) in [5.41, 5.74) is 4.54. The summed E-state index contributed by atoms with van der Waals surface area (Å²) in [5, 5.41) is 21.7. The highest BCUT2D eigenvalue weighted by molar-refractivity contribution is 5.53. The molecule has 1 heterocycles. The van der Waals surface area contributed by atoms with Crippen LogP contribution in [0.15, 0.2) is 23.8 Å². The van der Waals surface area contributed by atoms with Crippen molar-refractivity contribution in [3.63, 3.8) is 0 Å². The predicted octanol–water partition coefficient (Wildman–Crippen LogP) is 13.4. The van der Waals surface area contributed by atoms with Crippen molar-refractivity contribution in [1.82, 2.24) is 0 Å². The Labute approximate surface area is 292 Å². The Morgan fingerprint density at radius 1 is 0.574 bits per heavy atom. The molecule has 0 bridgehead atoms. The molecule has 0 radical (unpaired) electrons. The van der Waals surface area contributed by atoms with Gasteiger partial charge in [-0.1, -0.05) is 135 Å². The zero-order chi connectivity index (χ0) is 36.7. The van der Waals surface area contributed by atoms with Crippen molar-refractivity contribution < 1.29 is 14.9 Å². The monoisotopic (exact) mass is 655 g/mol. The van der Waals surface area contributed by atoms with Gasteiger partial charge in [-0.2, -0.15) is 0 Å². The molecule has 2 rings (SSSR count). The van der Waals surface area contributed by atoms with Gasteiger partial charge in [0.25, 0.3) is 0 Å². The maximum atomic E-state index is 10.9. The van der Waals surface area contributed by atoms with E-state index in [-0.39, 0.29) is 44.5 Å². The molecule has 3 nitrogen and oxygen atoms in total. The molecule has 1 aromatic carbocycles. The normalized spacial score (nSPS) is 18.0. The first kappa shape index (κ1) is 41.7. The van der Waals surface area contributed by atoms with Crippen LogP contribution < -0.4 is 0 Å². The topological polar surface area (TPSA) is 49.7 Å². The Hall–Kier alpha value is -1.48.